The highest BCUT2D eigenvalue weighted by Crippen LogP contribution is 2.19. The highest BCUT2D eigenvalue weighted by atomic mass is 16.6. The molecule has 0 spiro atoms. The molecule has 5 heteroatoms. The van der Waals surface area contributed by atoms with Crippen LogP contribution in [-0.2, 0) is 0 Å². The Labute approximate surface area is 98.2 Å². The first-order valence-electron chi connectivity index (χ1n) is 5.22. The van der Waals surface area contributed by atoms with E-state index in [2.05, 4.69) is 5.32 Å². The molecule has 0 saturated carbocycles. The summed E-state index contributed by atoms with van der Waals surface area (Å²) in [5.41, 5.74) is 0.829. The molecule has 1 heterocycles. The van der Waals surface area contributed by atoms with Crippen molar-refractivity contribution >= 4 is 5.69 Å². The minimum Gasteiger partial charge on any atom is -0.467 e. The highest BCUT2D eigenvalue weighted by molar-refractivity contribution is 5.44. The van der Waals surface area contributed by atoms with E-state index >= 15 is 0 Å². The molecule has 5 nitrogen and oxygen atoms in total. The maximum atomic E-state index is 10.6. The number of furan rings is 1. The maximum absolute atomic E-state index is 10.6. The number of anilines is 1. The van der Waals surface area contributed by atoms with Crippen LogP contribution >= 0.6 is 0 Å². The molecule has 1 atom stereocenters. The lowest BCUT2D eigenvalue weighted by atomic mass is 10.2. The molecule has 0 amide bonds. The second-order valence-corrected chi connectivity index (χ2v) is 3.59. The van der Waals surface area contributed by atoms with Crippen LogP contribution in [-0.4, -0.2) is 11.5 Å². The van der Waals surface area contributed by atoms with Crippen LogP contribution < -0.4 is 5.32 Å². The third kappa shape index (κ3) is 3.07. The van der Waals surface area contributed by atoms with Gasteiger partial charge in [0, 0.05) is 10.6 Å². The summed E-state index contributed by atoms with van der Waals surface area (Å²) < 4.78 is 5.20. The predicted molar refractivity (Wildman–Crippen MR) is 63.4 cm³/mol. The molecule has 0 fully saturated rings. The third-order valence-electron chi connectivity index (χ3n) is 2.33. The van der Waals surface area contributed by atoms with Crippen LogP contribution in [0.2, 0.25) is 0 Å². The lowest BCUT2D eigenvalue weighted by Gasteiger charge is -2.13. The molecule has 88 valence electrons. The Bertz CT molecular complexity index is 468. The average molecular weight is 232 g/mol. The van der Waals surface area contributed by atoms with Crippen molar-refractivity contribution in [2.45, 2.75) is 6.04 Å². The molecule has 17 heavy (non-hydrogen) atoms. The monoisotopic (exact) mass is 232 g/mol. The van der Waals surface area contributed by atoms with Crippen molar-refractivity contribution < 1.29 is 9.34 Å². The van der Waals surface area contributed by atoms with E-state index in [1.807, 2.05) is 30.3 Å². The Balaban J connectivity index is 2.14. The summed E-state index contributed by atoms with van der Waals surface area (Å²) in [6.07, 6.45) is 1.51. The van der Waals surface area contributed by atoms with Crippen molar-refractivity contribution in [1.29, 1.82) is 0 Å². The molecule has 0 radical (unpaired) electrons. The van der Waals surface area contributed by atoms with E-state index < -0.39 is 6.04 Å². The molecule has 0 aliphatic heterocycles. The molecule has 1 unspecified atom stereocenters. The van der Waals surface area contributed by atoms with Gasteiger partial charge in [-0.05, 0) is 24.3 Å². The van der Waals surface area contributed by atoms with Gasteiger partial charge >= 0.3 is 0 Å². The average Bonchev–Trinajstić information content (AvgIpc) is 2.82. The third-order valence-corrected chi connectivity index (χ3v) is 2.33. The minimum absolute atomic E-state index is 0.220. The van der Waals surface area contributed by atoms with E-state index in [1.54, 1.807) is 12.1 Å². The molecular formula is C12H12N2O3. The van der Waals surface area contributed by atoms with Crippen molar-refractivity contribution in [1.82, 2.24) is 0 Å². The zero-order chi connectivity index (χ0) is 12.1. The van der Waals surface area contributed by atoms with Crippen LogP contribution in [0.3, 0.4) is 0 Å². The summed E-state index contributed by atoms with van der Waals surface area (Å²) in [5.74, 6) is 0.561. The molecule has 2 aromatic rings. The number of nitrogens with one attached hydrogen (secondary N) is 1. The first-order valence-corrected chi connectivity index (χ1v) is 5.22. The van der Waals surface area contributed by atoms with Crippen molar-refractivity contribution in [3.63, 3.8) is 0 Å². The fourth-order valence-corrected chi connectivity index (χ4v) is 1.58. The van der Waals surface area contributed by atoms with Gasteiger partial charge in [0.25, 0.3) is 0 Å². The van der Waals surface area contributed by atoms with E-state index in [1.165, 1.54) is 6.26 Å². The Kier molecular flexibility index (Phi) is 3.40. The smallest absolute Gasteiger partial charge is 0.231 e. The van der Waals surface area contributed by atoms with Crippen molar-refractivity contribution in [3.8, 4) is 0 Å². The van der Waals surface area contributed by atoms with Gasteiger partial charge in [0.1, 0.15) is 11.8 Å². The molecule has 1 aromatic carbocycles. The summed E-state index contributed by atoms with van der Waals surface area (Å²) in [5, 5.41) is 13.7. The van der Waals surface area contributed by atoms with Crippen LogP contribution in [0.4, 0.5) is 5.69 Å². The molecule has 1 N–H and O–H groups in total. The van der Waals surface area contributed by atoms with E-state index in [4.69, 9.17) is 4.42 Å². The summed E-state index contributed by atoms with van der Waals surface area (Å²) in [6, 6.07) is 12.3. The summed E-state index contributed by atoms with van der Waals surface area (Å²) in [4.78, 5) is 10.3. The summed E-state index contributed by atoms with van der Waals surface area (Å²) in [6.45, 7) is -0.220. The Morgan fingerprint density at radius 3 is 2.59 bits per heavy atom. The van der Waals surface area contributed by atoms with Gasteiger partial charge < -0.3 is 9.73 Å². The predicted octanol–water partition coefficient (Wildman–Crippen LogP) is 2.71. The second kappa shape index (κ2) is 5.16. The SMILES string of the molecule is O=[N+]([O-])CC(Nc1ccccc1)c1ccco1. The lowest BCUT2D eigenvalue weighted by Crippen LogP contribution is -2.19. The number of benzene rings is 1. The molecule has 0 aliphatic rings. The van der Waals surface area contributed by atoms with Gasteiger partial charge in [-0.2, -0.15) is 0 Å². The van der Waals surface area contributed by atoms with Gasteiger partial charge in [-0.3, -0.25) is 10.1 Å². The first-order chi connectivity index (χ1) is 8.25. The lowest BCUT2D eigenvalue weighted by molar-refractivity contribution is -0.482. The van der Waals surface area contributed by atoms with Crippen LogP contribution in [0.1, 0.15) is 11.8 Å². The van der Waals surface area contributed by atoms with E-state index in [-0.39, 0.29) is 11.5 Å². The largest absolute Gasteiger partial charge is 0.467 e. The van der Waals surface area contributed by atoms with Crippen molar-refractivity contribution in [2.75, 3.05) is 11.9 Å². The maximum Gasteiger partial charge on any atom is 0.231 e. The molecule has 2 rings (SSSR count). The Hall–Kier alpha value is -2.30. The molecular weight excluding hydrogens is 220 g/mol. The summed E-state index contributed by atoms with van der Waals surface area (Å²) >= 11 is 0. The zero-order valence-corrected chi connectivity index (χ0v) is 9.08. The van der Waals surface area contributed by atoms with Gasteiger partial charge in [-0.15, -0.1) is 0 Å². The van der Waals surface area contributed by atoms with Crippen molar-refractivity contribution in [3.05, 3.63) is 64.6 Å². The Morgan fingerprint density at radius 2 is 2.00 bits per heavy atom. The fourth-order valence-electron chi connectivity index (χ4n) is 1.58. The number of para-hydroxylation sites is 1. The normalized spacial score (nSPS) is 12.0. The van der Waals surface area contributed by atoms with Crippen molar-refractivity contribution in [2.24, 2.45) is 0 Å². The molecule has 0 aliphatic carbocycles. The van der Waals surface area contributed by atoms with Crippen LogP contribution in [0.5, 0.6) is 0 Å². The zero-order valence-electron chi connectivity index (χ0n) is 9.08. The Morgan fingerprint density at radius 1 is 1.24 bits per heavy atom. The summed E-state index contributed by atoms with van der Waals surface area (Å²) in [7, 11) is 0. The molecule has 0 saturated heterocycles. The van der Waals surface area contributed by atoms with Crippen LogP contribution in [0, 0.1) is 10.1 Å². The highest BCUT2D eigenvalue weighted by Gasteiger charge is 2.19. The number of rotatable bonds is 5. The topological polar surface area (TPSA) is 68.3 Å². The van der Waals surface area contributed by atoms with Gasteiger partial charge in [0.05, 0.1) is 6.26 Å². The molecule has 1 aromatic heterocycles. The van der Waals surface area contributed by atoms with Gasteiger partial charge in [-0.1, -0.05) is 18.2 Å². The van der Waals surface area contributed by atoms with E-state index in [0.29, 0.717) is 5.76 Å². The number of nitro groups is 1. The van der Waals surface area contributed by atoms with E-state index in [0.717, 1.165) is 5.69 Å². The number of hydrogen-bond acceptors (Lipinski definition) is 4. The standard InChI is InChI=1S/C12H12N2O3/c15-14(16)9-11(12-7-4-8-17-12)13-10-5-2-1-3-6-10/h1-8,11,13H,9H2. The minimum atomic E-state index is -0.456. The van der Waals surface area contributed by atoms with Gasteiger partial charge in [0.2, 0.25) is 6.54 Å². The second-order valence-electron chi connectivity index (χ2n) is 3.59. The number of hydrogen-bond donors (Lipinski definition) is 1. The van der Waals surface area contributed by atoms with Crippen LogP contribution in [0.15, 0.2) is 53.1 Å². The quantitative estimate of drug-likeness (QED) is 0.635. The molecule has 0 bridgehead atoms. The van der Waals surface area contributed by atoms with Crippen LogP contribution in [0.25, 0.3) is 0 Å². The first kappa shape index (κ1) is 11.2. The van der Waals surface area contributed by atoms with Gasteiger partial charge in [0.15, 0.2) is 0 Å². The fraction of sp³-hybridized carbons (Fsp3) is 0.167. The number of nitrogens with zero attached hydrogens (tertiary/aromatic N) is 1. The van der Waals surface area contributed by atoms with Gasteiger partial charge in [-0.25, -0.2) is 0 Å². The van der Waals surface area contributed by atoms with E-state index in [9.17, 15) is 10.1 Å².